The number of hydrogen-bond acceptors (Lipinski definition) is 5. The van der Waals surface area contributed by atoms with Crippen molar-refractivity contribution in [3.05, 3.63) is 124 Å². The highest BCUT2D eigenvalue weighted by atomic mass is 35.5. The fourth-order valence-corrected chi connectivity index (χ4v) is 6.19. The highest BCUT2D eigenvalue weighted by molar-refractivity contribution is 7.90. The van der Waals surface area contributed by atoms with Gasteiger partial charge in [-0.05, 0) is 42.0 Å². The molecule has 0 saturated heterocycles. The molecule has 3 aromatic heterocycles. The van der Waals surface area contributed by atoms with Crippen molar-refractivity contribution in [1.82, 2.24) is 15.0 Å². The van der Waals surface area contributed by atoms with E-state index in [9.17, 15) is 13.2 Å². The van der Waals surface area contributed by atoms with Gasteiger partial charge in [0.25, 0.3) is 0 Å². The van der Waals surface area contributed by atoms with Crippen LogP contribution in [0.15, 0.2) is 113 Å². The summed E-state index contributed by atoms with van der Waals surface area (Å²) in [6.07, 6.45) is 3.12. The van der Waals surface area contributed by atoms with Crippen molar-refractivity contribution in [3.8, 4) is 22.4 Å². The van der Waals surface area contributed by atoms with Crippen LogP contribution in [-0.4, -0.2) is 23.4 Å². The first-order chi connectivity index (χ1) is 18.4. The Hall–Kier alpha value is -4.33. The van der Waals surface area contributed by atoms with Gasteiger partial charge in [-0.2, -0.15) is 0 Å². The number of hydrogen-bond donors (Lipinski definition) is 1. The minimum Gasteiger partial charge on any atom is -0.346 e. The zero-order valence-electron chi connectivity index (χ0n) is 19.9. The predicted molar refractivity (Wildman–Crippen MR) is 151 cm³/mol. The van der Waals surface area contributed by atoms with E-state index in [2.05, 4.69) is 9.97 Å². The number of H-pyrrole nitrogens is 1. The van der Waals surface area contributed by atoms with Crippen molar-refractivity contribution in [3.63, 3.8) is 0 Å². The monoisotopic (exact) mass is 537 g/mol. The van der Waals surface area contributed by atoms with Crippen LogP contribution in [0.2, 0.25) is 5.02 Å². The van der Waals surface area contributed by atoms with Crippen LogP contribution in [0.3, 0.4) is 0 Å². The summed E-state index contributed by atoms with van der Waals surface area (Å²) in [4.78, 5) is 26.0. The van der Waals surface area contributed by atoms with Gasteiger partial charge < -0.3 is 4.98 Å². The second-order valence-corrected chi connectivity index (χ2v) is 11.3. The minimum atomic E-state index is -3.71. The summed E-state index contributed by atoms with van der Waals surface area (Å²) in [5, 5.41) is 1.63. The molecule has 1 N–H and O–H groups in total. The summed E-state index contributed by atoms with van der Waals surface area (Å²) in [7, 11) is -3.71. The molecule has 0 saturated carbocycles. The summed E-state index contributed by atoms with van der Waals surface area (Å²) in [5.74, 6) is -0.425. The molecule has 3 heterocycles. The van der Waals surface area contributed by atoms with Crippen LogP contribution in [0.4, 0.5) is 0 Å². The standard InChI is InChI=1S/C30H20ClN3O3S/c31-26-15-21(14-20-10-7-13-32-28(20)26)24-16-25-29(35)22(18-38(36,37)23-11-5-2-6-12-23)17-33-30(25)34-27(24)19-8-3-1-4-9-19/h1-17H,18H2,(H,33,34,35). The number of sulfone groups is 1. The van der Waals surface area contributed by atoms with Crippen molar-refractivity contribution in [2.45, 2.75) is 10.6 Å². The number of aromatic amines is 1. The molecule has 6 nitrogen and oxygen atoms in total. The number of nitrogens with zero attached hydrogens (tertiary/aromatic N) is 2. The van der Waals surface area contributed by atoms with Gasteiger partial charge in [-0.3, -0.25) is 9.78 Å². The average molecular weight is 538 g/mol. The Morgan fingerprint density at radius 1 is 0.842 bits per heavy atom. The van der Waals surface area contributed by atoms with Crippen molar-refractivity contribution >= 4 is 43.4 Å². The molecule has 0 radical (unpaired) electrons. The van der Waals surface area contributed by atoms with E-state index in [0.29, 0.717) is 32.8 Å². The van der Waals surface area contributed by atoms with Gasteiger partial charge in [0.15, 0.2) is 15.3 Å². The predicted octanol–water partition coefficient (Wildman–Crippen LogP) is 6.43. The van der Waals surface area contributed by atoms with Gasteiger partial charge in [-0.15, -0.1) is 0 Å². The van der Waals surface area contributed by atoms with E-state index in [-0.39, 0.29) is 15.9 Å². The lowest BCUT2D eigenvalue weighted by molar-refractivity contribution is 0.595. The second kappa shape index (κ2) is 9.52. The zero-order chi connectivity index (χ0) is 26.3. The normalized spacial score (nSPS) is 11.7. The van der Waals surface area contributed by atoms with Crippen LogP contribution < -0.4 is 5.43 Å². The van der Waals surface area contributed by atoms with Gasteiger partial charge in [0, 0.05) is 34.5 Å². The molecule has 0 bridgehead atoms. The first-order valence-electron chi connectivity index (χ1n) is 11.8. The molecule has 186 valence electrons. The van der Waals surface area contributed by atoms with Crippen LogP contribution in [0, 0.1) is 0 Å². The molecule has 8 heteroatoms. The maximum Gasteiger partial charge on any atom is 0.195 e. The smallest absolute Gasteiger partial charge is 0.195 e. The van der Waals surface area contributed by atoms with E-state index < -0.39 is 15.6 Å². The molecule has 0 unspecified atom stereocenters. The Bertz CT molecular complexity index is 1990. The van der Waals surface area contributed by atoms with Gasteiger partial charge in [0.1, 0.15) is 5.65 Å². The third-order valence-electron chi connectivity index (χ3n) is 6.41. The van der Waals surface area contributed by atoms with E-state index >= 15 is 0 Å². The minimum absolute atomic E-state index is 0.141. The van der Waals surface area contributed by atoms with Crippen molar-refractivity contribution in [1.29, 1.82) is 0 Å². The third-order valence-corrected chi connectivity index (χ3v) is 8.38. The van der Waals surface area contributed by atoms with Gasteiger partial charge in [-0.1, -0.05) is 66.2 Å². The highest BCUT2D eigenvalue weighted by Gasteiger charge is 2.20. The first kappa shape index (κ1) is 24.0. The van der Waals surface area contributed by atoms with Gasteiger partial charge in [-0.25, -0.2) is 13.4 Å². The third kappa shape index (κ3) is 4.36. The molecular weight excluding hydrogens is 518 g/mol. The van der Waals surface area contributed by atoms with E-state index in [4.69, 9.17) is 16.6 Å². The molecule has 0 fully saturated rings. The number of pyridine rings is 3. The van der Waals surface area contributed by atoms with E-state index in [0.717, 1.165) is 16.5 Å². The number of nitrogens with one attached hydrogen (secondary N) is 1. The Morgan fingerprint density at radius 3 is 2.34 bits per heavy atom. The summed E-state index contributed by atoms with van der Waals surface area (Å²) < 4.78 is 26.0. The fourth-order valence-electron chi connectivity index (χ4n) is 4.55. The van der Waals surface area contributed by atoms with Crippen LogP contribution in [-0.2, 0) is 15.6 Å². The molecular formula is C30H20ClN3O3S. The lowest BCUT2D eigenvalue weighted by Crippen LogP contribution is -2.16. The molecule has 0 aliphatic heterocycles. The Labute approximate surface area is 223 Å². The molecule has 0 aliphatic carbocycles. The van der Waals surface area contributed by atoms with Crippen LogP contribution in [0.5, 0.6) is 0 Å². The van der Waals surface area contributed by atoms with Gasteiger partial charge in [0.05, 0.1) is 32.3 Å². The molecule has 3 aromatic carbocycles. The van der Waals surface area contributed by atoms with Crippen molar-refractivity contribution in [2.75, 3.05) is 0 Å². The Balaban J connectivity index is 1.57. The summed E-state index contributed by atoms with van der Waals surface area (Å²) in [6.45, 7) is 0. The van der Waals surface area contributed by atoms with E-state index in [1.807, 2.05) is 54.6 Å². The molecule has 0 amide bonds. The molecule has 0 aliphatic rings. The molecule has 0 atom stereocenters. The average Bonchev–Trinajstić information content (AvgIpc) is 2.95. The highest BCUT2D eigenvalue weighted by Crippen LogP contribution is 2.36. The number of aromatic nitrogens is 3. The quantitative estimate of drug-likeness (QED) is 0.273. The zero-order valence-corrected chi connectivity index (χ0v) is 21.5. The first-order valence-corrected chi connectivity index (χ1v) is 13.9. The summed E-state index contributed by atoms with van der Waals surface area (Å²) in [6, 6.07) is 27.0. The molecule has 0 spiro atoms. The van der Waals surface area contributed by atoms with E-state index in [1.54, 1.807) is 30.5 Å². The largest absolute Gasteiger partial charge is 0.346 e. The number of benzene rings is 3. The van der Waals surface area contributed by atoms with Crippen molar-refractivity contribution < 1.29 is 8.42 Å². The van der Waals surface area contributed by atoms with Crippen molar-refractivity contribution in [2.24, 2.45) is 0 Å². The Morgan fingerprint density at radius 2 is 1.58 bits per heavy atom. The molecule has 38 heavy (non-hydrogen) atoms. The number of fused-ring (bicyclic) bond motifs is 2. The van der Waals surface area contributed by atoms with Crippen LogP contribution >= 0.6 is 11.6 Å². The molecule has 6 rings (SSSR count). The molecule has 6 aromatic rings. The van der Waals surface area contributed by atoms with Gasteiger partial charge in [0.2, 0.25) is 0 Å². The number of rotatable bonds is 5. The Kier molecular flexibility index (Phi) is 6.02. The van der Waals surface area contributed by atoms with Crippen LogP contribution in [0.25, 0.3) is 44.3 Å². The number of halogens is 1. The fraction of sp³-hybridized carbons (Fsp3) is 0.0333. The van der Waals surface area contributed by atoms with Gasteiger partial charge >= 0.3 is 0 Å². The van der Waals surface area contributed by atoms with Crippen LogP contribution in [0.1, 0.15) is 5.56 Å². The lowest BCUT2D eigenvalue weighted by atomic mass is 9.96. The SMILES string of the molecule is O=c1c(CS(=O)(=O)c2ccccc2)c[nH]c2nc(-c3ccccc3)c(-c3cc(Cl)c4ncccc4c3)cc12. The topological polar surface area (TPSA) is 92.8 Å². The summed E-state index contributed by atoms with van der Waals surface area (Å²) >= 11 is 6.60. The maximum absolute atomic E-state index is 13.6. The summed E-state index contributed by atoms with van der Waals surface area (Å²) in [5.41, 5.74) is 3.80. The second-order valence-electron chi connectivity index (χ2n) is 8.90. The maximum atomic E-state index is 13.6. The van der Waals surface area contributed by atoms with E-state index in [1.165, 1.54) is 18.3 Å². The lowest BCUT2D eigenvalue weighted by Gasteiger charge is -2.13.